The van der Waals surface area contributed by atoms with E-state index in [1.807, 2.05) is 0 Å². The molecule has 1 amide bonds. The minimum absolute atomic E-state index is 0. The Hall–Kier alpha value is -1.07. The molecule has 6 heteroatoms. The number of fused-ring (bicyclic) bond motifs is 1. The van der Waals surface area contributed by atoms with Gasteiger partial charge in [-0.15, -0.1) is 12.4 Å². The van der Waals surface area contributed by atoms with Crippen LogP contribution in [-0.4, -0.2) is 39.6 Å². The number of nitrogens with zero attached hydrogens (tertiary/aromatic N) is 2. The van der Waals surface area contributed by atoms with E-state index >= 15 is 0 Å². The molecule has 0 spiro atoms. The summed E-state index contributed by atoms with van der Waals surface area (Å²) in [7, 11) is 0. The first-order chi connectivity index (χ1) is 10.1. The molecule has 1 aliphatic heterocycles. The molecule has 2 atom stereocenters. The van der Waals surface area contributed by atoms with Gasteiger partial charge in [0.2, 0.25) is 0 Å². The van der Waals surface area contributed by atoms with E-state index < -0.39 is 0 Å². The molecule has 2 N–H and O–H groups in total. The van der Waals surface area contributed by atoms with Crippen molar-refractivity contribution in [3.8, 4) is 0 Å². The van der Waals surface area contributed by atoms with Crippen molar-refractivity contribution in [2.24, 2.45) is 5.92 Å². The average Bonchev–Trinajstić information content (AvgIpc) is 3.24. The first-order valence-electron chi connectivity index (χ1n) is 8.23. The van der Waals surface area contributed by atoms with Crippen LogP contribution in [0.15, 0.2) is 0 Å². The van der Waals surface area contributed by atoms with E-state index in [0.29, 0.717) is 17.7 Å². The molecule has 0 aromatic carbocycles. The Morgan fingerprint density at radius 1 is 1.41 bits per heavy atom. The largest absolute Gasteiger partial charge is 0.331 e. The Labute approximate surface area is 138 Å². The number of aromatic nitrogens is 2. The van der Waals surface area contributed by atoms with Crippen LogP contribution in [0.3, 0.4) is 0 Å². The van der Waals surface area contributed by atoms with Crippen LogP contribution in [-0.2, 0) is 13.0 Å². The zero-order valence-electron chi connectivity index (χ0n) is 13.7. The van der Waals surface area contributed by atoms with Crippen molar-refractivity contribution in [2.75, 3.05) is 6.54 Å². The minimum atomic E-state index is 0. The molecule has 1 aromatic heterocycles. The number of aromatic amines is 1. The van der Waals surface area contributed by atoms with Gasteiger partial charge in [-0.3, -0.25) is 9.89 Å². The molecule has 1 saturated carbocycles. The maximum Gasteiger partial charge on any atom is 0.275 e. The van der Waals surface area contributed by atoms with E-state index in [4.69, 9.17) is 0 Å². The third-order valence-corrected chi connectivity index (χ3v) is 5.09. The minimum Gasteiger partial charge on any atom is -0.331 e. The zero-order chi connectivity index (χ0) is 15.0. The lowest BCUT2D eigenvalue weighted by molar-refractivity contribution is 0.0608. The summed E-state index contributed by atoms with van der Waals surface area (Å²) in [6.07, 6.45) is 4.30. The predicted molar refractivity (Wildman–Crippen MR) is 89.4 cm³/mol. The lowest BCUT2D eigenvalue weighted by Gasteiger charge is -2.33. The number of halogens is 1. The number of nitrogens with one attached hydrogen (secondary N) is 2. The molecule has 2 aliphatic rings. The van der Waals surface area contributed by atoms with E-state index in [1.54, 1.807) is 0 Å². The van der Waals surface area contributed by atoms with Crippen LogP contribution in [0.5, 0.6) is 0 Å². The highest BCUT2D eigenvalue weighted by Crippen LogP contribution is 2.33. The molecule has 0 radical (unpaired) electrons. The normalized spacial score (nSPS) is 19.8. The molecule has 1 aromatic rings. The fourth-order valence-corrected chi connectivity index (χ4v) is 3.18. The number of H-pyrrole nitrogens is 1. The summed E-state index contributed by atoms with van der Waals surface area (Å²) < 4.78 is 0. The molecule has 3 rings (SSSR count). The molecule has 0 saturated heterocycles. The molecule has 1 fully saturated rings. The maximum atomic E-state index is 13.0. The predicted octanol–water partition coefficient (Wildman–Crippen LogP) is 2.52. The van der Waals surface area contributed by atoms with E-state index in [-0.39, 0.29) is 24.4 Å². The Morgan fingerprint density at radius 2 is 2.14 bits per heavy atom. The topological polar surface area (TPSA) is 61.0 Å². The third kappa shape index (κ3) is 3.15. The first kappa shape index (κ1) is 17.3. The Bertz CT molecular complexity index is 526. The van der Waals surface area contributed by atoms with Gasteiger partial charge in [0.05, 0.1) is 0 Å². The highest BCUT2D eigenvalue weighted by molar-refractivity contribution is 5.94. The molecule has 1 aliphatic carbocycles. The molecule has 0 bridgehead atoms. The first-order valence-corrected chi connectivity index (χ1v) is 8.23. The van der Waals surface area contributed by atoms with Crippen molar-refractivity contribution < 1.29 is 4.79 Å². The van der Waals surface area contributed by atoms with Crippen molar-refractivity contribution in [3.05, 3.63) is 17.0 Å². The number of rotatable bonds is 5. The van der Waals surface area contributed by atoms with Gasteiger partial charge in [0, 0.05) is 42.9 Å². The van der Waals surface area contributed by atoms with E-state index in [0.717, 1.165) is 50.0 Å². The smallest absolute Gasteiger partial charge is 0.275 e. The van der Waals surface area contributed by atoms with Gasteiger partial charge < -0.3 is 10.2 Å². The summed E-state index contributed by atoms with van der Waals surface area (Å²) in [4.78, 5) is 15.1. The van der Waals surface area contributed by atoms with Crippen LogP contribution in [0.4, 0.5) is 0 Å². The number of amides is 1. The average molecular weight is 327 g/mol. The molecule has 5 nitrogen and oxygen atoms in total. The van der Waals surface area contributed by atoms with Crippen molar-refractivity contribution in [3.63, 3.8) is 0 Å². The summed E-state index contributed by atoms with van der Waals surface area (Å²) in [6, 6.07) is 0.698. The van der Waals surface area contributed by atoms with E-state index in [9.17, 15) is 4.79 Å². The highest BCUT2D eigenvalue weighted by Gasteiger charge is 2.39. The third-order valence-electron chi connectivity index (χ3n) is 5.09. The van der Waals surface area contributed by atoms with Gasteiger partial charge in [-0.05, 0) is 25.7 Å². The van der Waals surface area contributed by atoms with Crippen molar-refractivity contribution in [1.29, 1.82) is 0 Å². The monoisotopic (exact) mass is 326 g/mol. The summed E-state index contributed by atoms with van der Waals surface area (Å²) in [5.41, 5.74) is 2.84. The van der Waals surface area contributed by atoms with Crippen LogP contribution in [0.2, 0.25) is 0 Å². The second-order valence-corrected chi connectivity index (χ2v) is 6.53. The van der Waals surface area contributed by atoms with E-state index in [1.165, 1.54) is 0 Å². The fourth-order valence-electron chi connectivity index (χ4n) is 3.18. The van der Waals surface area contributed by atoms with Crippen molar-refractivity contribution >= 4 is 18.3 Å². The second-order valence-electron chi connectivity index (χ2n) is 6.53. The lowest BCUT2D eigenvalue weighted by Crippen LogP contribution is -2.44. The molecule has 2 heterocycles. The van der Waals surface area contributed by atoms with Gasteiger partial charge in [0.1, 0.15) is 0 Å². The van der Waals surface area contributed by atoms with Gasteiger partial charge in [0.15, 0.2) is 5.69 Å². The number of hydrogen-bond acceptors (Lipinski definition) is 3. The highest BCUT2D eigenvalue weighted by atomic mass is 35.5. The van der Waals surface area contributed by atoms with Gasteiger partial charge in [-0.1, -0.05) is 20.3 Å². The second kappa shape index (κ2) is 7.01. The van der Waals surface area contributed by atoms with Gasteiger partial charge in [-0.2, -0.15) is 5.10 Å². The SMILES string of the molecule is CCC(C)C(C)N(C(=O)c1n[nH]c2c1CNCC2)C1CC1.Cl. The summed E-state index contributed by atoms with van der Waals surface area (Å²) in [5.74, 6) is 0.633. The molecule has 2 unspecified atom stereocenters. The summed E-state index contributed by atoms with van der Waals surface area (Å²) in [6.45, 7) is 8.31. The molecule has 124 valence electrons. The van der Waals surface area contributed by atoms with Crippen LogP contribution < -0.4 is 5.32 Å². The number of hydrogen-bond donors (Lipinski definition) is 2. The van der Waals surface area contributed by atoms with Gasteiger partial charge in [0.25, 0.3) is 5.91 Å². The van der Waals surface area contributed by atoms with Crippen LogP contribution >= 0.6 is 12.4 Å². The standard InChI is InChI=1S/C16H26N4O.ClH/c1-4-10(2)11(3)20(12-5-6-12)16(21)15-13-9-17-8-7-14(13)18-19-15;/h10-12,17H,4-9H2,1-3H3,(H,18,19);1H. The summed E-state index contributed by atoms with van der Waals surface area (Å²) >= 11 is 0. The summed E-state index contributed by atoms with van der Waals surface area (Å²) in [5, 5.41) is 10.7. The number of carbonyl (C=O) groups excluding carboxylic acids is 1. The van der Waals surface area contributed by atoms with Gasteiger partial charge in [-0.25, -0.2) is 0 Å². The van der Waals surface area contributed by atoms with Crippen LogP contribution in [0.1, 0.15) is 61.8 Å². The quantitative estimate of drug-likeness (QED) is 0.874. The van der Waals surface area contributed by atoms with Crippen molar-refractivity contribution in [1.82, 2.24) is 20.4 Å². The van der Waals surface area contributed by atoms with Crippen LogP contribution in [0.25, 0.3) is 0 Å². The van der Waals surface area contributed by atoms with Crippen molar-refractivity contribution in [2.45, 2.75) is 65.1 Å². The number of carbonyl (C=O) groups is 1. The molecular formula is C16H27ClN4O. The maximum absolute atomic E-state index is 13.0. The van der Waals surface area contributed by atoms with E-state index in [2.05, 4.69) is 41.2 Å². The van der Waals surface area contributed by atoms with Gasteiger partial charge >= 0.3 is 0 Å². The Balaban J connectivity index is 0.00000176. The lowest BCUT2D eigenvalue weighted by atomic mass is 9.98. The molecule has 22 heavy (non-hydrogen) atoms. The zero-order valence-corrected chi connectivity index (χ0v) is 14.5. The molecular weight excluding hydrogens is 300 g/mol. The fraction of sp³-hybridized carbons (Fsp3) is 0.750. The Morgan fingerprint density at radius 3 is 2.77 bits per heavy atom. The Kier molecular flexibility index (Phi) is 5.50. The van der Waals surface area contributed by atoms with Crippen LogP contribution in [0, 0.1) is 5.92 Å².